The Bertz CT molecular complexity index is 270. The van der Waals surface area contributed by atoms with Crippen LogP contribution in [0.1, 0.15) is 19.8 Å². The minimum absolute atomic E-state index is 0.0568. The molecule has 0 aromatic carbocycles. The summed E-state index contributed by atoms with van der Waals surface area (Å²) in [4.78, 5) is 2.25. The van der Waals surface area contributed by atoms with Crippen LogP contribution in [0.2, 0.25) is 0 Å². The van der Waals surface area contributed by atoms with E-state index in [9.17, 15) is 8.42 Å². The van der Waals surface area contributed by atoms with Gasteiger partial charge in [0.25, 0.3) is 10.2 Å². The molecule has 0 bridgehead atoms. The Morgan fingerprint density at radius 2 is 1.93 bits per heavy atom. The monoisotopic (exact) mass is 221 g/mol. The third-order valence-electron chi connectivity index (χ3n) is 2.82. The molecule has 0 aliphatic carbocycles. The molecule has 1 aliphatic rings. The standard InChI is InChI=1S/C8H19N3O2S/c1-7(10-14(9,12)13)8-3-5-11(2)6-4-8/h7-8,10H,3-6H2,1-2H3,(H2,9,12,13). The molecule has 1 saturated heterocycles. The van der Waals surface area contributed by atoms with Crippen LogP contribution in [-0.4, -0.2) is 39.5 Å². The first-order chi connectivity index (χ1) is 6.38. The average Bonchev–Trinajstić information content (AvgIpc) is 2.02. The van der Waals surface area contributed by atoms with E-state index >= 15 is 0 Å². The molecular formula is C8H19N3O2S. The maximum atomic E-state index is 10.8. The number of likely N-dealkylation sites (tertiary alicyclic amines) is 1. The molecule has 1 heterocycles. The molecule has 1 rings (SSSR count). The van der Waals surface area contributed by atoms with Gasteiger partial charge in [0.15, 0.2) is 0 Å². The Morgan fingerprint density at radius 3 is 2.36 bits per heavy atom. The predicted octanol–water partition coefficient (Wildman–Crippen LogP) is -0.490. The van der Waals surface area contributed by atoms with Gasteiger partial charge in [0, 0.05) is 6.04 Å². The van der Waals surface area contributed by atoms with Gasteiger partial charge in [0.2, 0.25) is 0 Å². The fraction of sp³-hybridized carbons (Fsp3) is 1.00. The molecule has 0 aromatic rings. The maximum absolute atomic E-state index is 10.8. The molecule has 1 unspecified atom stereocenters. The van der Waals surface area contributed by atoms with E-state index in [1.165, 1.54) is 0 Å². The maximum Gasteiger partial charge on any atom is 0.274 e. The first-order valence-corrected chi connectivity index (χ1v) is 6.42. The molecular weight excluding hydrogens is 202 g/mol. The van der Waals surface area contributed by atoms with Gasteiger partial charge in [0.05, 0.1) is 0 Å². The third-order valence-corrected chi connectivity index (χ3v) is 3.52. The SMILES string of the molecule is CC(NS(N)(=O)=O)C1CCN(C)CC1. The van der Waals surface area contributed by atoms with E-state index in [0.29, 0.717) is 5.92 Å². The molecule has 0 saturated carbocycles. The Labute approximate surface area is 85.8 Å². The smallest absolute Gasteiger partial charge is 0.274 e. The number of nitrogens with zero attached hydrogens (tertiary/aromatic N) is 1. The molecule has 1 fully saturated rings. The summed E-state index contributed by atoms with van der Waals surface area (Å²) in [7, 11) is -1.47. The second kappa shape index (κ2) is 4.57. The first-order valence-electron chi connectivity index (χ1n) is 4.87. The summed E-state index contributed by atoms with van der Waals surface area (Å²) >= 11 is 0. The molecule has 0 amide bonds. The summed E-state index contributed by atoms with van der Waals surface area (Å²) in [6.07, 6.45) is 2.06. The van der Waals surface area contributed by atoms with Gasteiger partial charge in [-0.25, -0.2) is 5.14 Å². The zero-order valence-corrected chi connectivity index (χ0v) is 9.55. The minimum Gasteiger partial charge on any atom is -0.306 e. The minimum atomic E-state index is -3.55. The van der Waals surface area contributed by atoms with Crippen molar-refractivity contribution in [3.63, 3.8) is 0 Å². The Kier molecular flexibility index (Phi) is 3.88. The number of hydrogen-bond donors (Lipinski definition) is 2. The molecule has 84 valence electrons. The highest BCUT2D eigenvalue weighted by atomic mass is 32.2. The molecule has 0 radical (unpaired) electrons. The molecule has 1 atom stereocenters. The van der Waals surface area contributed by atoms with Crippen LogP contribution < -0.4 is 9.86 Å². The van der Waals surface area contributed by atoms with Crippen LogP contribution in [0.4, 0.5) is 0 Å². The van der Waals surface area contributed by atoms with Crippen LogP contribution in [0.25, 0.3) is 0 Å². The van der Waals surface area contributed by atoms with E-state index in [4.69, 9.17) is 5.14 Å². The van der Waals surface area contributed by atoms with Gasteiger partial charge in [0.1, 0.15) is 0 Å². The summed E-state index contributed by atoms with van der Waals surface area (Å²) in [6.45, 7) is 3.93. The van der Waals surface area contributed by atoms with Gasteiger partial charge in [-0.15, -0.1) is 0 Å². The lowest BCUT2D eigenvalue weighted by Crippen LogP contribution is -2.45. The van der Waals surface area contributed by atoms with E-state index in [1.807, 2.05) is 6.92 Å². The molecule has 1 aliphatic heterocycles. The van der Waals surface area contributed by atoms with Crippen molar-refractivity contribution in [1.29, 1.82) is 0 Å². The van der Waals surface area contributed by atoms with Gasteiger partial charge in [-0.3, -0.25) is 0 Å². The van der Waals surface area contributed by atoms with Crippen molar-refractivity contribution >= 4 is 10.2 Å². The van der Waals surface area contributed by atoms with Crippen LogP contribution in [0, 0.1) is 5.92 Å². The number of piperidine rings is 1. The topological polar surface area (TPSA) is 75.4 Å². The summed E-state index contributed by atoms with van der Waals surface area (Å²) in [5, 5.41) is 4.92. The van der Waals surface area contributed by atoms with Crippen LogP contribution >= 0.6 is 0 Å². The van der Waals surface area contributed by atoms with Crippen molar-refractivity contribution in [2.75, 3.05) is 20.1 Å². The molecule has 3 N–H and O–H groups in total. The van der Waals surface area contributed by atoms with Crippen LogP contribution in [0.15, 0.2) is 0 Å². The van der Waals surface area contributed by atoms with Gasteiger partial charge >= 0.3 is 0 Å². The van der Waals surface area contributed by atoms with E-state index in [-0.39, 0.29) is 6.04 Å². The van der Waals surface area contributed by atoms with Crippen LogP contribution in [0.3, 0.4) is 0 Å². The van der Waals surface area contributed by atoms with E-state index in [1.54, 1.807) is 0 Å². The summed E-state index contributed by atoms with van der Waals surface area (Å²) in [5.41, 5.74) is 0. The zero-order valence-electron chi connectivity index (χ0n) is 8.73. The number of hydrogen-bond acceptors (Lipinski definition) is 3. The fourth-order valence-electron chi connectivity index (χ4n) is 1.88. The van der Waals surface area contributed by atoms with E-state index < -0.39 is 10.2 Å². The molecule has 0 spiro atoms. The number of rotatable bonds is 3. The summed E-state index contributed by atoms with van der Waals surface area (Å²) < 4.78 is 24.0. The van der Waals surface area contributed by atoms with Gasteiger partial charge in [-0.2, -0.15) is 13.1 Å². The second-order valence-corrected chi connectivity index (χ2v) is 5.42. The highest BCUT2D eigenvalue weighted by molar-refractivity contribution is 7.87. The quantitative estimate of drug-likeness (QED) is 0.675. The van der Waals surface area contributed by atoms with Crippen molar-refractivity contribution in [3.8, 4) is 0 Å². The lowest BCUT2D eigenvalue weighted by Gasteiger charge is -2.32. The van der Waals surface area contributed by atoms with Crippen molar-refractivity contribution < 1.29 is 8.42 Å². The second-order valence-electron chi connectivity index (χ2n) is 4.09. The van der Waals surface area contributed by atoms with Crippen molar-refractivity contribution in [2.45, 2.75) is 25.8 Å². The van der Waals surface area contributed by atoms with E-state index in [2.05, 4.69) is 16.7 Å². The molecule has 5 nitrogen and oxygen atoms in total. The summed E-state index contributed by atoms with van der Waals surface area (Å²) in [6, 6.07) is -0.0568. The largest absolute Gasteiger partial charge is 0.306 e. The van der Waals surface area contributed by atoms with Gasteiger partial charge in [-0.05, 0) is 45.8 Å². The zero-order chi connectivity index (χ0) is 10.8. The van der Waals surface area contributed by atoms with Crippen LogP contribution in [-0.2, 0) is 10.2 Å². The van der Waals surface area contributed by atoms with Gasteiger partial charge in [-0.1, -0.05) is 0 Å². The average molecular weight is 221 g/mol. The third kappa shape index (κ3) is 3.91. The molecule has 0 aromatic heterocycles. The van der Waals surface area contributed by atoms with E-state index in [0.717, 1.165) is 25.9 Å². The Hall–Kier alpha value is -0.170. The number of nitrogens with two attached hydrogens (primary N) is 1. The highest BCUT2D eigenvalue weighted by Gasteiger charge is 2.24. The molecule has 6 heteroatoms. The predicted molar refractivity (Wildman–Crippen MR) is 55.9 cm³/mol. The van der Waals surface area contributed by atoms with Crippen LogP contribution in [0.5, 0.6) is 0 Å². The van der Waals surface area contributed by atoms with Crippen molar-refractivity contribution in [3.05, 3.63) is 0 Å². The molecule has 14 heavy (non-hydrogen) atoms. The van der Waals surface area contributed by atoms with Crippen molar-refractivity contribution in [2.24, 2.45) is 11.1 Å². The lowest BCUT2D eigenvalue weighted by molar-refractivity contribution is 0.198. The van der Waals surface area contributed by atoms with Crippen molar-refractivity contribution in [1.82, 2.24) is 9.62 Å². The lowest BCUT2D eigenvalue weighted by atomic mass is 9.91. The summed E-state index contributed by atoms with van der Waals surface area (Å²) in [5.74, 6) is 0.407. The fourth-order valence-corrected chi connectivity index (χ4v) is 2.59. The van der Waals surface area contributed by atoms with Gasteiger partial charge < -0.3 is 4.90 Å². The highest BCUT2D eigenvalue weighted by Crippen LogP contribution is 2.19. The first kappa shape index (κ1) is 11.9. The Balaban J connectivity index is 2.42. The normalized spacial score (nSPS) is 23.6. The number of nitrogens with one attached hydrogen (secondary N) is 1. The Morgan fingerprint density at radius 1 is 1.43 bits per heavy atom.